The number of benzene rings is 1. The molecule has 1 aromatic carbocycles. The maximum atomic E-state index is 12.5. The van der Waals surface area contributed by atoms with E-state index in [-0.39, 0.29) is 17.9 Å². The van der Waals surface area contributed by atoms with Gasteiger partial charge >= 0.3 is 0 Å². The summed E-state index contributed by atoms with van der Waals surface area (Å²) < 4.78 is 0. The predicted octanol–water partition coefficient (Wildman–Crippen LogP) is 1.37. The van der Waals surface area contributed by atoms with Crippen LogP contribution in [0.5, 0.6) is 0 Å². The molecule has 3 rings (SSSR count). The van der Waals surface area contributed by atoms with Crippen molar-refractivity contribution in [2.75, 3.05) is 45.6 Å². The van der Waals surface area contributed by atoms with Crippen LogP contribution in [0.4, 0.5) is 5.69 Å². The van der Waals surface area contributed by atoms with E-state index in [9.17, 15) is 9.59 Å². The topological polar surface area (TPSA) is 77.6 Å². The number of carbonyl (C=O) groups excluding carboxylic acids is 2. The van der Waals surface area contributed by atoms with Crippen molar-refractivity contribution in [3.05, 3.63) is 59.9 Å². The summed E-state index contributed by atoms with van der Waals surface area (Å²) in [4.78, 5) is 32.3. The molecule has 0 bridgehead atoms. The molecular formula is C20H25N5O2. The smallest absolute Gasteiger partial charge is 0.253 e. The molecule has 0 spiro atoms. The molecule has 1 fully saturated rings. The summed E-state index contributed by atoms with van der Waals surface area (Å²) in [6.07, 6.45) is 3.60. The summed E-state index contributed by atoms with van der Waals surface area (Å²) in [6, 6.07) is 11.0. The number of piperazine rings is 1. The zero-order chi connectivity index (χ0) is 19.2. The van der Waals surface area contributed by atoms with E-state index in [1.165, 1.54) is 4.90 Å². The Kier molecular flexibility index (Phi) is 6.16. The van der Waals surface area contributed by atoms with E-state index in [0.29, 0.717) is 17.8 Å². The summed E-state index contributed by atoms with van der Waals surface area (Å²) >= 11 is 0. The van der Waals surface area contributed by atoms with E-state index in [0.717, 1.165) is 25.2 Å². The number of carbonyl (C=O) groups is 2. The monoisotopic (exact) mass is 367 g/mol. The number of hydrogen-bond donors (Lipinski definition) is 2. The van der Waals surface area contributed by atoms with Gasteiger partial charge in [0.2, 0.25) is 5.91 Å². The number of aromatic nitrogens is 1. The van der Waals surface area contributed by atoms with Crippen LogP contribution in [0.15, 0.2) is 48.8 Å². The Morgan fingerprint density at radius 1 is 1.26 bits per heavy atom. The van der Waals surface area contributed by atoms with E-state index in [1.54, 1.807) is 44.6 Å². The lowest BCUT2D eigenvalue weighted by atomic mass is 10.1. The molecule has 0 aliphatic carbocycles. The molecule has 1 atom stereocenters. The summed E-state index contributed by atoms with van der Waals surface area (Å²) in [5.41, 5.74) is 2.38. The van der Waals surface area contributed by atoms with Crippen LogP contribution in [0.1, 0.15) is 22.0 Å². The van der Waals surface area contributed by atoms with Crippen LogP contribution in [0.2, 0.25) is 0 Å². The van der Waals surface area contributed by atoms with Gasteiger partial charge in [0.15, 0.2) is 0 Å². The van der Waals surface area contributed by atoms with Gasteiger partial charge in [0.05, 0.1) is 6.54 Å². The Hall–Kier alpha value is -2.77. The van der Waals surface area contributed by atoms with Gasteiger partial charge in [-0.3, -0.25) is 19.5 Å². The van der Waals surface area contributed by atoms with E-state index in [1.807, 2.05) is 18.3 Å². The van der Waals surface area contributed by atoms with Crippen molar-refractivity contribution in [1.29, 1.82) is 0 Å². The first-order valence-corrected chi connectivity index (χ1v) is 9.01. The second kappa shape index (κ2) is 8.75. The van der Waals surface area contributed by atoms with Gasteiger partial charge in [0.1, 0.15) is 0 Å². The van der Waals surface area contributed by atoms with Crippen LogP contribution in [0.3, 0.4) is 0 Å². The third kappa shape index (κ3) is 4.90. The van der Waals surface area contributed by atoms with Crippen LogP contribution < -0.4 is 10.6 Å². The van der Waals surface area contributed by atoms with Gasteiger partial charge in [-0.2, -0.15) is 0 Å². The molecule has 1 aromatic heterocycles. The van der Waals surface area contributed by atoms with E-state index >= 15 is 0 Å². The van der Waals surface area contributed by atoms with E-state index in [2.05, 4.69) is 20.5 Å². The predicted molar refractivity (Wildman–Crippen MR) is 105 cm³/mol. The highest BCUT2D eigenvalue weighted by molar-refractivity contribution is 5.96. The van der Waals surface area contributed by atoms with Crippen LogP contribution in [-0.4, -0.2) is 66.9 Å². The fraction of sp³-hybridized carbons (Fsp3) is 0.350. The Labute approximate surface area is 159 Å². The van der Waals surface area contributed by atoms with E-state index < -0.39 is 0 Å². The quantitative estimate of drug-likeness (QED) is 0.835. The summed E-state index contributed by atoms with van der Waals surface area (Å²) in [6.45, 7) is 2.74. The fourth-order valence-electron chi connectivity index (χ4n) is 3.18. The first-order chi connectivity index (χ1) is 13.0. The molecule has 142 valence electrons. The maximum Gasteiger partial charge on any atom is 0.253 e. The van der Waals surface area contributed by atoms with Crippen LogP contribution in [0.25, 0.3) is 0 Å². The average Bonchev–Trinajstić information content (AvgIpc) is 2.69. The minimum absolute atomic E-state index is 0.0620. The number of pyridine rings is 1. The van der Waals surface area contributed by atoms with Gasteiger partial charge in [-0.1, -0.05) is 6.07 Å². The van der Waals surface area contributed by atoms with Crippen LogP contribution >= 0.6 is 0 Å². The maximum absolute atomic E-state index is 12.5. The Balaban J connectivity index is 1.61. The van der Waals surface area contributed by atoms with Gasteiger partial charge in [-0.15, -0.1) is 0 Å². The second-order valence-corrected chi connectivity index (χ2v) is 6.80. The SMILES string of the molecule is CN(C)C(=O)c1ccc(NC(=O)CN2CCNCC2c2cccnc2)cc1. The minimum Gasteiger partial charge on any atom is -0.345 e. The van der Waals surface area contributed by atoms with Crippen LogP contribution in [-0.2, 0) is 4.79 Å². The van der Waals surface area contributed by atoms with Crippen molar-refractivity contribution < 1.29 is 9.59 Å². The molecule has 2 aromatic rings. The van der Waals surface area contributed by atoms with Gasteiger partial charge in [0, 0.05) is 63.4 Å². The molecule has 2 amide bonds. The third-order valence-corrected chi connectivity index (χ3v) is 4.59. The molecule has 7 heteroatoms. The molecule has 2 N–H and O–H groups in total. The molecular weight excluding hydrogens is 342 g/mol. The summed E-state index contributed by atoms with van der Waals surface area (Å²) in [7, 11) is 3.42. The molecule has 1 saturated heterocycles. The zero-order valence-electron chi connectivity index (χ0n) is 15.7. The second-order valence-electron chi connectivity index (χ2n) is 6.80. The molecule has 27 heavy (non-hydrogen) atoms. The lowest BCUT2D eigenvalue weighted by molar-refractivity contribution is -0.118. The van der Waals surface area contributed by atoms with Crippen molar-refractivity contribution >= 4 is 17.5 Å². The molecule has 2 heterocycles. The molecule has 1 aliphatic heterocycles. The number of nitrogens with one attached hydrogen (secondary N) is 2. The Morgan fingerprint density at radius 3 is 2.70 bits per heavy atom. The lowest BCUT2D eigenvalue weighted by Crippen LogP contribution is -2.48. The fourth-order valence-corrected chi connectivity index (χ4v) is 3.18. The molecule has 0 radical (unpaired) electrons. The number of hydrogen-bond acceptors (Lipinski definition) is 5. The van der Waals surface area contributed by atoms with Gasteiger partial charge in [-0.25, -0.2) is 0 Å². The highest BCUT2D eigenvalue weighted by atomic mass is 16.2. The van der Waals surface area contributed by atoms with Crippen molar-refractivity contribution in [1.82, 2.24) is 20.1 Å². The van der Waals surface area contributed by atoms with E-state index in [4.69, 9.17) is 0 Å². The summed E-state index contributed by atoms with van der Waals surface area (Å²) in [5.74, 6) is -0.134. The first-order valence-electron chi connectivity index (χ1n) is 9.01. The third-order valence-electron chi connectivity index (χ3n) is 4.59. The number of amides is 2. The normalized spacial score (nSPS) is 17.3. The lowest BCUT2D eigenvalue weighted by Gasteiger charge is -2.35. The number of anilines is 1. The first kappa shape index (κ1) is 19.0. The van der Waals surface area contributed by atoms with Crippen molar-refractivity contribution in [3.8, 4) is 0 Å². The molecule has 1 unspecified atom stereocenters. The standard InChI is InChI=1S/C20H25N5O2/c1-24(2)20(27)15-5-7-17(8-6-15)23-19(26)14-25-11-10-22-13-18(25)16-4-3-9-21-12-16/h3-9,12,18,22H,10-11,13-14H2,1-2H3,(H,23,26). The average molecular weight is 367 g/mol. The van der Waals surface area contributed by atoms with Crippen molar-refractivity contribution in [3.63, 3.8) is 0 Å². The van der Waals surface area contributed by atoms with Gasteiger partial charge in [-0.05, 0) is 35.9 Å². The minimum atomic E-state index is -0.0718. The largest absolute Gasteiger partial charge is 0.345 e. The number of nitrogens with zero attached hydrogens (tertiary/aromatic N) is 3. The van der Waals surface area contributed by atoms with Crippen molar-refractivity contribution in [2.45, 2.75) is 6.04 Å². The molecule has 0 saturated carbocycles. The molecule has 1 aliphatic rings. The highest BCUT2D eigenvalue weighted by Gasteiger charge is 2.25. The number of rotatable bonds is 5. The van der Waals surface area contributed by atoms with Gasteiger partial charge < -0.3 is 15.5 Å². The Morgan fingerprint density at radius 2 is 2.04 bits per heavy atom. The van der Waals surface area contributed by atoms with Crippen LogP contribution in [0, 0.1) is 0 Å². The molecule has 7 nitrogen and oxygen atoms in total. The van der Waals surface area contributed by atoms with Crippen molar-refractivity contribution in [2.24, 2.45) is 0 Å². The Bertz CT molecular complexity index is 777. The zero-order valence-corrected chi connectivity index (χ0v) is 15.7. The summed E-state index contributed by atoms with van der Waals surface area (Å²) in [5, 5.41) is 6.29. The van der Waals surface area contributed by atoms with Gasteiger partial charge in [0.25, 0.3) is 5.91 Å². The highest BCUT2D eigenvalue weighted by Crippen LogP contribution is 2.21.